The van der Waals surface area contributed by atoms with E-state index in [-0.39, 0.29) is 5.91 Å². The van der Waals surface area contributed by atoms with Crippen LogP contribution < -0.4 is 10.6 Å². The Morgan fingerprint density at radius 3 is 2.90 bits per heavy atom. The summed E-state index contributed by atoms with van der Waals surface area (Å²) in [7, 11) is 0. The number of amides is 1. The molecule has 1 heterocycles. The van der Waals surface area contributed by atoms with Crippen LogP contribution in [0.2, 0.25) is 5.02 Å². The molecule has 0 aliphatic heterocycles. The minimum absolute atomic E-state index is 0.301. The van der Waals surface area contributed by atoms with Gasteiger partial charge in [-0.15, -0.1) is 0 Å². The van der Waals surface area contributed by atoms with Crippen LogP contribution in [-0.2, 0) is 0 Å². The van der Waals surface area contributed by atoms with Gasteiger partial charge in [-0.25, -0.2) is 0 Å². The second-order valence-corrected chi connectivity index (χ2v) is 5.36. The molecule has 20 heavy (non-hydrogen) atoms. The summed E-state index contributed by atoms with van der Waals surface area (Å²) in [6.45, 7) is 2.77. The van der Waals surface area contributed by atoms with Crippen molar-refractivity contribution in [2.75, 3.05) is 17.2 Å². The number of carbonyl (C=O) groups is 1. The summed E-state index contributed by atoms with van der Waals surface area (Å²) >= 11 is 9.38. The van der Waals surface area contributed by atoms with E-state index in [2.05, 4.69) is 31.5 Å². The van der Waals surface area contributed by atoms with Gasteiger partial charge in [0.2, 0.25) is 0 Å². The van der Waals surface area contributed by atoms with Gasteiger partial charge in [-0.05, 0) is 37.3 Å². The summed E-state index contributed by atoms with van der Waals surface area (Å²) in [5.74, 6) is -0.301. The molecule has 104 valence electrons. The van der Waals surface area contributed by atoms with Gasteiger partial charge in [0, 0.05) is 22.9 Å². The van der Waals surface area contributed by atoms with Gasteiger partial charge in [0.05, 0.1) is 10.7 Å². The van der Waals surface area contributed by atoms with Gasteiger partial charge in [-0.1, -0.05) is 27.5 Å². The first kappa shape index (κ1) is 14.8. The highest BCUT2D eigenvalue weighted by Gasteiger charge is 2.10. The summed E-state index contributed by atoms with van der Waals surface area (Å²) in [6.07, 6.45) is 1.59. The zero-order valence-electron chi connectivity index (χ0n) is 10.8. The number of hydrogen-bond acceptors (Lipinski definition) is 3. The molecule has 2 N–H and O–H groups in total. The molecule has 0 saturated heterocycles. The van der Waals surface area contributed by atoms with Gasteiger partial charge < -0.3 is 10.6 Å². The number of carbonyl (C=O) groups excluding carboxylic acids is 1. The van der Waals surface area contributed by atoms with Crippen molar-refractivity contribution >= 4 is 44.8 Å². The van der Waals surface area contributed by atoms with E-state index in [0.29, 0.717) is 16.4 Å². The summed E-state index contributed by atoms with van der Waals surface area (Å²) in [4.78, 5) is 16.2. The maximum absolute atomic E-state index is 12.2. The third-order valence-electron chi connectivity index (χ3n) is 2.55. The Hall–Kier alpha value is -1.59. The standard InChI is InChI=1S/C14H13BrClN3O/c1-2-17-10-5-6-18-13(8-10)14(20)19-12-7-9(15)3-4-11(12)16/h3-8H,2H2,1H3,(H,17,18)(H,19,20). The molecule has 0 unspecified atom stereocenters. The van der Waals surface area contributed by atoms with Crippen molar-refractivity contribution in [1.29, 1.82) is 0 Å². The molecule has 2 aromatic rings. The Kier molecular flexibility index (Phi) is 4.98. The number of aromatic nitrogens is 1. The van der Waals surface area contributed by atoms with Crippen LogP contribution in [0.25, 0.3) is 0 Å². The Balaban J connectivity index is 2.19. The zero-order valence-corrected chi connectivity index (χ0v) is 13.1. The van der Waals surface area contributed by atoms with Crippen LogP contribution in [0, 0.1) is 0 Å². The maximum Gasteiger partial charge on any atom is 0.274 e. The fraction of sp³-hybridized carbons (Fsp3) is 0.143. The number of nitrogens with zero attached hydrogens (tertiary/aromatic N) is 1. The first-order valence-electron chi connectivity index (χ1n) is 6.06. The van der Waals surface area contributed by atoms with Crippen molar-refractivity contribution in [3.05, 3.63) is 51.7 Å². The summed E-state index contributed by atoms with van der Waals surface area (Å²) < 4.78 is 0.839. The lowest BCUT2D eigenvalue weighted by molar-refractivity contribution is 0.102. The van der Waals surface area contributed by atoms with Gasteiger partial charge >= 0.3 is 0 Å². The fourth-order valence-electron chi connectivity index (χ4n) is 1.65. The molecule has 2 rings (SSSR count). The lowest BCUT2D eigenvalue weighted by atomic mass is 10.2. The number of halogens is 2. The first-order chi connectivity index (χ1) is 9.60. The van der Waals surface area contributed by atoms with Crippen LogP contribution in [0.3, 0.4) is 0 Å². The monoisotopic (exact) mass is 353 g/mol. The van der Waals surface area contributed by atoms with E-state index >= 15 is 0 Å². The van der Waals surface area contributed by atoms with E-state index in [1.165, 1.54) is 0 Å². The predicted molar refractivity (Wildman–Crippen MR) is 85.5 cm³/mol. The van der Waals surface area contributed by atoms with Gasteiger partial charge in [0.1, 0.15) is 5.69 Å². The average Bonchev–Trinajstić information content (AvgIpc) is 2.43. The predicted octanol–water partition coefficient (Wildman–Crippen LogP) is 4.18. The molecular weight excluding hydrogens is 342 g/mol. The molecule has 0 fully saturated rings. The smallest absolute Gasteiger partial charge is 0.274 e. The minimum atomic E-state index is -0.301. The Labute approximate surface area is 130 Å². The van der Waals surface area contributed by atoms with Gasteiger partial charge in [-0.2, -0.15) is 0 Å². The lowest BCUT2D eigenvalue weighted by Crippen LogP contribution is -2.14. The van der Waals surface area contributed by atoms with Crippen molar-refractivity contribution < 1.29 is 4.79 Å². The van der Waals surface area contributed by atoms with Crippen molar-refractivity contribution in [2.45, 2.75) is 6.92 Å². The second-order valence-electron chi connectivity index (χ2n) is 4.04. The van der Waals surface area contributed by atoms with E-state index in [1.54, 1.807) is 24.4 Å². The molecular formula is C14H13BrClN3O. The maximum atomic E-state index is 12.2. The molecule has 1 aromatic carbocycles. The molecule has 0 atom stereocenters. The van der Waals surface area contributed by atoms with Crippen molar-refractivity contribution in [2.24, 2.45) is 0 Å². The molecule has 0 aliphatic carbocycles. The van der Waals surface area contributed by atoms with E-state index in [4.69, 9.17) is 11.6 Å². The van der Waals surface area contributed by atoms with Crippen molar-refractivity contribution in [1.82, 2.24) is 4.98 Å². The molecule has 0 saturated carbocycles. The summed E-state index contributed by atoms with van der Waals surface area (Å²) in [6, 6.07) is 8.78. The molecule has 1 amide bonds. The van der Waals surface area contributed by atoms with E-state index in [1.807, 2.05) is 19.1 Å². The molecule has 1 aromatic heterocycles. The normalized spacial score (nSPS) is 10.2. The Morgan fingerprint density at radius 1 is 1.35 bits per heavy atom. The molecule has 0 radical (unpaired) electrons. The molecule has 0 bridgehead atoms. The average molecular weight is 355 g/mol. The zero-order chi connectivity index (χ0) is 14.5. The number of benzene rings is 1. The third-order valence-corrected chi connectivity index (χ3v) is 3.37. The SMILES string of the molecule is CCNc1ccnc(C(=O)Nc2cc(Br)ccc2Cl)c1. The minimum Gasteiger partial charge on any atom is -0.385 e. The highest BCUT2D eigenvalue weighted by atomic mass is 79.9. The Morgan fingerprint density at radius 2 is 2.15 bits per heavy atom. The van der Waals surface area contributed by atoms with Crippen molar-refractivity contribution in [3.63, 3.8) is 0 Å². The Bertz CT molecular complexity index is 634. The summed E-state index contributed by atoms with van der Waals surface area (Å²) in [5.41, 5.74) is 1.73. The molecule has 0 aliphatic rings. The lowest BCUT2D eigenvalue weighted by Gasteiger charge is -2.08. The number of hydrogen-bond donors (Lipinski definition) is 2. The number of anilines is 2. The van der Waals surface area contributed by atoms with Crippen LogP contribution in [0.4, 0.5) is 11.4 Å². The fourth-order valence-corrected chi connectivity index (χ4v) is 2.17. The quantitative estimate of drug-likeness (QED) is 0.866. The van der Waals surface area contributed by atoms with E-state index in [0.717, 1.165) is 16.7 Å². The van der Waals surface area contributed by atoms with E-state index in [9.17, 15) is 4.79 Å². The van der Waals surface area contributed by atoms with Gasteiger partial charge in [-0.3, -0.25) is 9.78 Å². The highest BCUT2D eigenvalue weighted by molar-refractivity contribution is 9.10. The van der Waals surface area contributed by atoms with Crippen LogP contribution in [-0.4, -0.2) is 17.4 Å². The van der Waals surface area contributed by atoms with Crippen LogP contribution in [0.1, 0.15) is 17.4 Å². The van der Waals surface area contributed by atoms with Gasteiger partial charge in [0.15, 0.2) is 0 Å². The first-order valence-corrected chi connectivity index (χ1v) is 7.23. The molecule has 6 heteroatoms. The molecule has 4 nitrogen and oxygen atoms in total. The number of pyridine rings is 1. The molecule has 0 spiro atoms. The van der Waals surface area contributed by atoms with E-state index < -0.39 is 0 Å². The second kappa shape index (κ2) is 6.72. The van der Waals surface area contributed by atoms with Gasteiger partial charge in [0.25, 0.3) is 5.91 Å². The van der Waals surface area contributed by atoms with Crippen molar-refractivity contribution in [3.8, 4) is 0 Å². The largest absolute Gasteiger partial charge is 0.385 e. The topological polar surface area (TPSA) is 54.0 Å². The number of rotatable bonds is 4. The highest BCUT2D eigenvalue weighted by Crippen LogP contribution is 2.26. The van der Waals surface area contributed by atoms with Crippen LogP contribution in [0.5, 0.6) is 0 Å². The summed E-state index contributed by atoms with van der Waals surface area (Å²) in [5, 5.41) is 6.36. The van der Waals surface area contributed by atoms with Crippen LogP contribution >= 0.6 is 27.5 Å². The number of nitrogens with one attached hydrogen (secondary N) is 2. The third kappa shape index (κ3) is 3.71. The van der Waals surface area contributed by atoms with Crippen LogP contribution in [0.15, 0.2) is 41.0 Å².